The summed E-state index contributed by atoms with van der Waals surface area (Å²) in [5.41, 5.74) is 0.287. The molecule has 0 bridgehead atoms. The number of amides is 1. The van der Waals surface area contributed by atoms with Gasteiger partial charge in [0.1, 0.15) is 5.75 Å². The largest absolute Gasteiger partial charge is 0.494 e. The number of benzene rings is 1. The summed E-state index contributed by atoms with van der Waals surface area (Å²) >= 11 is 0. The van der Waals surface area contributed by atoms with Crippen molar-refractivity contribution in [2.24, 2.45) is 0 Å². The van der Waals surface area contributed by atoms with Gasteiger partial charge in [-0.2, -0.15) is 13.2 Å². The number of carbonyl (C=O) groups is 2. The fourth-order valence-electron chi connectivity index (χ4n) is 4.14. The molecule has 2 saturated heterocycles. The van der Waals surface area contributed by atoms with Gasteiger partial charge in [-0.3, -0.25) is 9.59 Å². The van der Waals surface area contributed by atoms with Gasteiger partial charge in [0.15, 0.2) is 5.78 Å². The molecule has 1 aromatic rings. The third-order valence-electron chi connectivity index (χ3n) is 5.75. The number of hydrogen-bond donors (Lipinski definition) is 0. The Hall–Kier alpha value is -2.09. The molecule has 2 aliphatic rings. The van der Waals surface area contributed by atoms with Crippen LogP contribution in [0.5, 0.6) is 5.75 Å². The topological polar surface area (TPSA) is 49.9 Å². The van der Waals surface area contributed by atoms with Crippen molar-refractivity contribution < 1.29 is 27.5 Å². The van der Waals surface area contributed by atoms with Gasteiger partial charge in [0, 0.05) is 24.7 Å². The van der Waals surface area contributed by atoms with Gasteiger partial charge < -0.3 is 14.5 Å². The molecule has 8 heteroatoms. The molecule has 0 unspecified atom stereocenters. The predicted molar refractivity (Wildman–Crippen MR) is 102 cm³/mol. The zero-order valence-electron chi connectivity index (χ0n) is 16.6. The number of nitrogens with zero attached hydrogens (tertiary/aromatic N) is 2. The normalized spacial score (nSPS) is 22.8. The lowest BCUT2D eigenvalue weighted by Crippen LogP contribution is -2.46. The van der Waals surface area contributed by atoms with E-state index in [4.69, 9.17) is 4.74 Å². The van der Waals surface area contributed by atoms with Crippen LogP contribution in [0.1, 0.15) is 49.4 Å². The van der Waals surface area contributed by atoms with Crippen LogP contribution in [0.3, 0.4) is 0 Å². The standard InChI is InChI=1S/C21H27F3N2O3/c1-15-5-2-11-25(15)12-4-14-29-17-9-7-16(8-10-17)19(27)18-6-3-13-26(18)20(28)21(22,23)24/h7-10,15,18H,2-6,11-14H2,1H3/t15-,18-/m1/s1. The Kier molecular flexibility index (Phi) is 6.82. The third kappa shape index (κ3) is 5.29. The monoisotopic (exact) mass is 412 g/mol. The molecule has 2 atom stereocenters. The molecule has 3 rings (SSSR count). The number of halogens is 3. The molecule has 1 aromatic carbocycles. The van der Waals surface area contributed by atoms with Crippen LogP contribution in [-0.4, -0.2) is 66.0 Å². The molecule has 0 saturated carbocycles. The number of hydrogen-bond acceptors (Lipinski definition) is 4. The van der Waals surface area contributed by atoms with E-state index >= 15 is 0 Å². The molecular weight excluding hydrogens is 385 g/mol. The third-order valence-corrected chi connectivity index (χ3v) is 5.75. The molecule has 1 amide bonds. The van der Waals surface area contributed by atoms with Gasteiger partial charge in [0.25, 0.3) is 0 Å². The van der Waals surface area contributed by atoms with Crippen molar-refractivity contribution in [1.29, 1.82) is 0 Å². The first-order valence-corrected chi connectivity index (χ1v) is 10.2. The van der Waals surface area contributed by atoms with Crippen LogP contribution in [0.4, 0.5) is 13.2 Å². The maximum absolute atomic E-state index is 12.7. The van der Waals surface area contributed by atoms with Gasteiger partial charge in [0.2, 0.25) is 0 Å². The first kappa shape index (κ1) is 21.6. The van der Waals surface area contributed by atoms with Gasteiger partial charge in [-0.05, 0) is 69.8 Å². The van der Waals surface area contributed by atoms with Gasteiger partial charge in [-0.15, -0.1) is 0 Å². The summed E-state index contributed by atoms with van der Waals surface area (Å²) in [4.78, 5) is 27.3. The Balaban J connectivity index is 1.51. The molecule has 0 spiro atoms. The van der Waals surface area contributed by atoms with Crippen molar-refractivity contribution in [1.82, 2.24) is 9.80 Å². The lowest BCUT2D eigenvalue weighted by Gasteiger charge is -2.24. The highest BCUT2D eigenvalue weighted by Gasteiger charge is 2.47. The second-order valence-electron chi connectivity index (χ2n) is 7.77. The van der Waals surface area contributed by atoms with Crippen LogP contribution in [-0.2, 0) is 4.79 Å². The van der Waals surface area contributed by atoms with Crippen molar-refractivity contribution in [3.8, 4) is 5.75 Å². The highest BCUT2D eigenvalue weighted by atomic mass is 19.4. The molecule has 5 nitrogen and oxygen atoms in total. The first-order valence-electron chi connectivity index (χ1n) is 10.2. The molecule has 0 aromatic heterocycles. The number of Topliss-reactive ketones (excluding diaryl/α,β-unsaturated/α-hetero) is 1. The molecule has 2 aliphatic heterocycles. The fourth-order valence-corrected chi connectivity index (χ4v) is 4.14. The highest BCUT2D eigenvalue weighted by Crippen LogP contribution is 2.28. The number of carbonyl (C=O) groups excluding carboxylic acids is 2. The van der Waals surface area contributed by atoms with Crippen molar-refractivity contribution >= 4 is 11.7 Å². The minimum Gasteiger partial charge on any atom is -0.494 e. The van der Waals surface area contributed by atoms with E-state index in [9.17, 15) is 22.8 Å². The van der Waals surface area contributed by atoms with E-state index < -0.39 is 23.9 Å². The second-order valence-corrected chi connectivity index (χ2v) is 7.77. The Morgan fingerprint density at radius 3 is 2.41 bits per heavy atom. The zero-order valence-corrected chi connectivity index (χ0v) is 16.6. The maximum atomic E-state index is 12.7. The van der Waals surface area contributed by atoms with E-state index in [1.807, 2.05) is 0 Å². The first-order chi connectivity index (χ1) is 13.8. The van der Waals surface area contributed by atoms with Gasteiger partial charge in [-0.25, -0.2) is 0 Å². The average molecular weight is 412 g/mol. The van der Waals surface area contributed by atoms with E-state index in [1.165, 1.54) is 12.8 Å². The number of likely N-dealkylation sites (tertiary alicyclic amines) is 2. The van der Waals surface area contributed by atoms with E-state index in [1.54, 1.807) is 24.3 Å². The molecule has 29 heavy (non-hydrogen) atoms. The van der Waals surface area contributed by atoms with Crippen LogP contribution in [0.25, 0.3) is 0 Å². The Bertz CT molecular complexity index is 721. The summed E-state index contributed by atoms with van der Waals surface area (Å²) in [5.74, 6) is -1.79. The van der Waals surface area contributed by atoms with E-state index in [0.29, 0.717) is 29.7 Å². The summed E-state index contributed by atoms with van der Waals surface area (Å²) in [6, 6.07) is 5.97. The smallest absolute Gasteiger partial charge is 0.471 e. The summed E-state index contributed by atoms with van der Waals surface area (Å²) in [6.07, 6.45) is -0.953. The van der Waals surface area contributed by atoms with Gasteiger partial charge in [0.05, 0.1) is 12.6 Å². The van der Waals surface area contributed by atoms with Gasteiger partial charge in [-0.1, -0.05) is 0 Å². The lowest BCUT2D eigenvalue weighted by atomic mass is 10.0. The lowest BCUT2D eigenvalue weighted by molar-refractivity contribution is -0.185. The zero-order chi connectivity index (χ0) is 21.0. The Morgan fingerprint density at radius 2 is 1.79 bits per heavy atom. The van der Waals surface area contributed by atoms with Crippen molar-refractivity contribution in [2.45, 2.75) is 57.3 Å². The minimum absolute atomic E-state index is 0.0500. The minimum atomic E-state index is -4.96. The molecular formula is C21H27F3N2O3. The summed E-state index contributed by atoms with van der Waals surface area (Å²) < 4.78 is 43.9. The van der Waals surface area contributed by atoms with Crippen LogP contribution >= 0.6 is 0 Å². The van der Waals surface area contributed by atoms with Crippen molar-refractivity contribution in [3.63, 3.8) is 0 Å². The number of ether oxygens (including phenoxy) is 1. The number of alkyl halides is 3. The molecule has 0 radical (unpaired) electrons. The summed E-state index contributed by atoms with van der Waals surface area (Å²) in [5, 5.41) is 0. The van der Waals surface area contributed by atoms with Crippen LogP contribution in [0, 0.1) is 0 Å². The summed E-state index contributed by atoms with van der Waals surface area (Å²) in [7, 11) is 0. The second kappa shape index (κ2) is 9.15. The quantitative estimate of drug-likeness (QED) is 0.507. The fraction of sp³-hybridized carbons (Fsp3) is 0.619. The van der Waals surface area contributed by atoms with Crippen molar-refractivity contribution in [3.05, 3.63) is 29.8 Å². The Morgan fingerprint density at radius 1 is 1.10 bits per heavy atom. The maximum Gasteiger partial charge on any atom is 0.471 e. The van der Waals surface area contributed by atoms with Crippen molar-refractivity contribution in [2.75, 3.05) is 26.2 Å². The van der Waals surface area contributed by atoms with Gasteiger partial charge >= 0.3 is 12.1 Å². The summed E-state index contributed by atoms with van der Waals surface area (Å²) in [6.45, 7) is 4.87. The van der Waals surface area contributed by atoms with E-state index in [2.05, 4.69) is 11.8 Å². The molecule has 2 heterocycles. The molecule has 160 valence electrons. The molecule has 0 aliphatic carbocycles. The van der Waals surface area contributed by atoms with Crippen LogP contribution in [0.2, 0.25) is 0 Å². The predicted octanol–water partition coefficient (Wildman–Crippen LogP) is 3.68. The van der Waals surface area contributed by atoms with Crippen LogP contribution in [0.15, 0.2) is 24.3 Å². The Labute approximate surface area is 168 Å². The van der Waals surface area contributed by atoms with E-state index in [-0.39, 0.29) is 18.5 Å². The van der Waals surface area contributed by atoms with Crippen LogP contribution < -0.4 is 4.74 Å². The average Bonchev–Trinajstić information content (AvgIpc) is 3.33. The highest BCUT2D eigenvalue weighted by molar-refractivity contribution is 6.02. The molecule has 2 fully saturated rings. The number of ketones is 1. The number of rotatable bonds is 7. The van der Waals surface area contributed by atoms with E-state index in [0.717, 1.165) is 19.5 Å². The molecule has 0 N–H and O–H groups in total. The SMILES string of the molecule is C[C@@H]1CCCN1CCCOc1ccc(C(=O)[C@H]2CCCN2C(=O)C(F)(F)F)cc1.